The van der Waals surface area contributed by atoms with Gasteiger partial charge in [0.25, 0.3) is 0 Å². The zero-order valence-corrected chi connectivity index (χ0v) is 7.89. The van der Waals surface area contributed by atoms with Gasteiger partial charge in [0, 0.05) is 5.56 Å². The summed E-state index contributed by atoms with van der Waals surface area (Å²) in [7, 11) is 0. The monoisotopic (exact) mass is 212 g/mol. The first-order valence-corrected chi connectivity index (χ1v) is 4.11. The molecule has 0 N–H and O–H groups in total. The number of allylic oxidation sites excluding steroid dienone is 1. The molecular formula is C9H9BrO. The first-order chi connectivity index (χ1) is 5.29. The van der Waals surface area contributed by atoms with Gasteiger partial charge in [-0.25, -0.2) is 0 Å². The van der Waals surface area contributed by atoms with E-state index >= 15 is 0 Å². The Hall–Kier alpha value is -0.760. The van der Waals surface area contributed by atoms with E-state index < -0.39 is 0 Å². The summed E-state index contributed by atoms with van der Waals surface area (Å²) in [6, 6.07) is 0. The number of hydrogen-bond donors (Lipinski definition) is 0. The third-order valence-electron chi connectivity index (χ3n) is 1.33. The van der Waals surface area contributed by atoms with Crippen molar-refractivity contribution in [1.82, 2.24) is 0 Å². The Morgan fingerprint density at radius 2 is 2.36 bits per heavy atom. The van der Waals surface area contributed by atoms with E-state index in [9.17, 15) is 0 Å². The Bertz CT molecular complexity index is 284. The fourth-order valence-corrected chi connectivity index (χ4v) is 1.27. The summed E-state index contributed by atoms with van der Waals surface area (Å²) in [4.78, 5) is 0. The Morgan fingerprint density at radius 1 is 1.64 bits per heavy atom. The molecule has 1 aromatic heterocycles. The maximum absolute atomic E-state index is 5.18. The van der Waals surface area contributed by atoms with Gasteiger partial charge in [-0.2, -0.15) is 0 Å². The molecule has 0 aliphatic carbocycles. The zero-order chi connectivity index (χ0) is 8.27. The summed E-state index contributed by atoms with van der Waals surface area (Å²) in [6.07, 6.45) is 7.29. The van der Waals surface area contributed by atoms with Gasteiger partial charge in [0.15, 0.2) is 0 Å². The van der Waals surface area contributed by atoms with Gasteiger partial charge in [0.2, 0.25) is 0 Å². The van der Waals surface area contributed by atoms with Gasteiger partial charge in [-0.3, -0.25) is 0 Å². The molecule has 1 aromatic rings. The Labute approximate surface area is 74.5 Å². The summed E-state index contributed by atoms with van der Waals surface area (Å²) in [5.41, 5.74) is 1.04. The quantitative estimate of drug-likeness (QED) is 0.729. The van der Waals surface area contributed by atoms with Gasteiger partial charge >= 0.3 is 0 Å². The largest absolute Gasteiger partial charge is 0.463 e. The van der Waals surface area contributed by atoms with Crippen molar-refractivity contribution in [3.8, 4) is 0 Å². The van der Waals surface area contributed by atoms with Crippen molar-refractivity contribution in [2.45, 2.75) is 6.92 Å². The average molecular weight is 213 g/mol. The zero-order valence-electron chi connectivity index (χ0n) is 6.30. The maximum Gasteiger partial charge on any atom is 0.134 e. The first-order valence-electron chi connectivity index (χ1n) is 3.31. The summed E-state index contributed by atoms with van der Waals surface area (Å²) in [6.45, 7) is 5.60. The molecule has 2 heteroatoms. The van der Waals surface area contributed by atoms with Crippen molar-refractivity contribution < 1.29 is 4.42 Å². The van der Waals surface area contributed by atoms with Gasteiger partial charge in [-0.15, -0.1) is 0 Å². The minimum Gasteiger partial charge on any atom is -0.463 e. The predicted octanol–water partition coefficient (Wildman–Crippen LogP) is 3.72. The second kappa shape index (κ2) is 3.58. The van der Waals surface area contributed by atoms with E-state index in [0.29, 0.717) is 0 Å². The van der Waals surface area contributed by atoms with E-state index in [2.05, 4.69) is 22.5 Å². The van der Waals surface area contributed by atoms with Crippen LogP contribution in [0.5, 0.6) is 0 Å². The maximum atomic E-state index is 5.18. The van der Waals surface area contributed by atoms with Crippen LogP contribution in [-0.2, 0) is 0 Å². The highest BCUT2D eigenvalue weighted by atomic mass is 79.9. The molecule has 0 amide bonds. The van der Waals surface area contributed by atoms with E-state index in [-0.39, 0.29) is 0 Å². The topological polar surface area (TPSA) is 13.1 Å². The molecule has 1 rings (SSSR count). The Kier molecular flexibility index (Phi) is 2.71. The van der Waals surface area contributed by atoms with E-state index in [1.165, 1.54) is 0 Å². The third-order valence-corrected chi connectivity index (χ3v) is 1.94. The molecule has 0 aliphatic rings. The highest BCUT2D eigenvalue weighted by molar-refractivity contribution is 9.10. The van der Waals surface area contributed by atoms with Crippen molar-refractivity contribution in [3.05, 3.63) is 34.7 Å². The smallest absolute Gasteiger partial charge is 0.134 e. The second-order valence-electron chi connectivity index (χ2n) is 2.07. The summed E-state index contributed by atoms with van der Waals surface area (Å²) in [5.74, 6) is 0.801. The van der Waals surface area contributed by atoms with Crippen LogP contribution in [-0.4, -0.2) is 0 Å². The molecule has 0 aromatic carbocycles. The molecule has 58 valence electrons. The van der Waals surface area contributed by atoms with Crippen LogP contribution < -0.4 is 0 Å². The standard InChI is InChI=1S/C9H9BrO/c1-3-5-7-8(10)6-11-9(7)4-2/h3-6H,2H2,1H3/b5-3-. The van der Waals surface area contributed by atoms with Crippen molar-refractivity contribution >= 4 is 28.1 Å². The summed E-state index contributed by atoms with van der Waals surface area (Å²) >= 11 is 3.37. The normalized spacial score (nSPS) is 10.7. The second-order valence-corrected chi connectivity index (χ2v) is 2.92. The summed E-state index contributed by atoms with van der Waals surface area (Å²) in [5, 5.41) is 0. The lowest BCUT2D eigenvalue weighted by atomic mass is 10.2. The number of hydrogen-bond acceptors (Lipinski definition) is 1. The van der Waals surface area contributed by atoms with E-state index in [4.69, 9.17) is 4.42 Å². The molecule has 0 saturated carbocycles. The molecule has 1 heterocycles. The van der Waals surface area contributed by atoms with Crippen LogP contribution in [0.25, 0.3) is 12.2 Å². The number of halogens is 1. The Balaban J connectivity index is 3.17. The minimum atomic E-state index is 0.801. The van der Waals surface area contributed by atoms with Crippen LogP contribution in [0.2, 0.25) is 0 Å². The molecule has 0 saturated heterocycles. The molecule has 0 atom stereocenters. The SMILES string of the molecule is C=Cc1occ(Br)c1/C=C\C. The molecule has 0 spiro atoms. The van der Waals surface area contributed by atoms with E-state index in [1.54, 1.807) is 12.3 Å². The first kappa shape index (κ1) is 8.34. The van der Waals surface area contributed by atoms with Crippen LogP contribution in [0.4, 0.5) is 0 Å². The fraction of sp³-hybridized carbons (Fsp3) is 0.111. The van der Waals surface area contributed by atoms with Gasteiger partial charge in [0.05, 0.1) is 4.47 Å². The van der Waals surface area contributed by atoms with E-state index in [1.807, 2.05) is 19.1 Å². The van der Waals surface area contributed by atoms with E-state index in [0.717, 1.165) is 15.8 Å². The lowest BCUT2D eigenvalue weighted by Crippen LogP contribution is -1.70. The van der Waals surface area contributed by atoms with Crippen LogP contribution in [0.3, 0.4) is 0 Å². The molecule has 0 fully saturated rings. The molecule has 0 unspecified atom stereocenters. The van der Waals surface area contributed by atoms with Crippen molar-refractivity contribution in [2.75, 3.05) is 0 Å². The van der Waals surface area contributed by atoms with Gasteiger partial charge in [-0.1, -0.05) is 18.7 Å². The highest BCUT2D eigenvalue weighted by Gasteiger charge is 2.04. The molecule has 0 bridgehead atoms. The molecular weight excluding hydrogens is 204 g/mol. The van der Waals surface area contributed by atoms with Crippen molar-refractivity contribution in [3.63, 3.8) is 0 Å². The molecule has 11 heavy (non-hydrogen) atoms. The molecule has 0 aliphatic heterocycles. The van der Waals surface area contributed by atoms with Gasteiger partial charge < -0.3 is 4.42 Å². The summed E-state index contributed by atoms with van der Waals surface area (Å²) < 4.78 is 6.14. The lowest BCUT2D eigenvalue weighted by Gasteiger charge is -1.88. The van der Waals surface area contributed by atoms with Crippen LogP contribution >= 0.6 is 15.9 Å². The van der Waals surface area contributed by atoms with Crippen LogP contribution in [0.1, 0.15) is 18.2 Å². The number of rotatable bonds is 2. The van der Waals surface area contributed by atoms with Gasteiger partial charge in [0.1, 0.15) is 12.0 Å². The minimum absolute atomic E-state index is 0.801. The molecule has 1 nitrogen and oxygen atoms in total. The number of furan rings is 1. The Morgan fingerprint density at radius 3 is 2.91 bits per heavy atom. The third kappa shape index (κ3) is 1.63. The van der Waals surface area contributed by atoms with Crippen molar-refractivity contribution in [2.24, 2.45) is 0 Å². The highest BCUT2D eigenvalue weighted by Crippen LogP contribution is 2.24. The fourth-order valence-electron chi connectivity index (χ4n) is 0.846. The lowest BCUT2D eigenvalue weighted by molar-refractivity contribution is 0.555. The van der Waals surface area contributed by atoms with Gasteiger partial charge in [-0.05, 0) is 28.9 Å². The van der Waals surface area contributed by atoms with Crippen molar-refractivity contribution in [1.29, 1.82) is 0 Å². The van der Waals surface area contributed by atoms with Crippen LogP contribution in [0.15, 0.2) is 27.8 Å². The van der Waals surface area contributed by atoms with Crippen LogP contribution in [0, 0.1) is 0 Å². The molecule has 0 radical (unpaired) electrons. The average Bonchev–Trinajstić information content (AvgIpc) is 2.34. The predicted molar refractivity (Wildman–Crippen MR) is 51.2 cm³/mol.